The maximum atomic E-state index is 11.4. The molecule has 0 spiro atoms. The first-order chi connectivity index (χ1) is 9.13. The molecule has 0 saturated carbocycles. The second kappa shape index (κ2) is 5.57. The Balaban J connectivity index is 2.33. The fraction of sp³-hybridized carbons (Fsp3) is 0.167. The van der Waals surface area contributed by atoms with Gasteiger partial charge in [0, 0.05) is 6.54 Å². The highest BCUT2D eigenvalue weighted by molar-refractivity contribution is 7.71. The van der Waals surface area contributed by atoms with E-state index in [9.17, 15) is 9.70 Å². The molecule has 0 unspecified atom stereocenters. The Kier molecular flexibility index (Phi) is 3.86. The van der Waals surface area contributed by atoms with Crippen LogP contribution >= 0.6 is 12.2 Å². The van der Waals surface area contributed by atoms with Gasteiger partial charge in [-0.15, -0.1) is 4.91 Å². The van der Waals surface area contributed by atoms with Crippen molar-refractivity contribution in [2.24, 2.45) is 5.18 Å². The molecule has 19 heavy (non-hydrogen) atoms. The molecule has 0 bridgehead atoms. The van der Waals surface area contributed by atoms with Gasteiger partial charge in [0.05, 0.1) is 0 Å². The van der Waals surface area contributed by atoms with E-state index in [1.54, 1.807) is 0 Å². The number of anilines is 1. The summed E-state index contributed by atoms with van der Waals surface area (Å²) >= 11 is 5.03. The number of rotatable bonds is 4. The van der Waals surface area contributed by atoms with Gasteiger partial charge in [0.15, 0.2) is 4.77 Å². The molecule has 0 aliphatic rings. The Hall–Kier alpha value is -2.28. The molecule has 0 fully saturated rings. The summed E-state index contributed by atoms with van der Waals surface area (Å²) in [5.74, 6) is -0.000295. The van der Waals surface area contributed by atoms with Crippen molar-refractivity contribution in [1.82, 2.24) is 9.55 Å². The van der Waals surface area contributed by atoms with E-state index in [1.165, 1.54) is 4.57 Å². The van der Waals surface area contributed by atoms with Crippen LogP contribution in [0.25, 0.3) is 0 Å². The number of benzene rings is 1. The van der Waals surface area contributed by atoms with Crippen molar-refractivity contribution in [2.45, 2.75) is 13.0 Å². The van der Waals surface area contributed by atoms with Gasteiger partial charge in [-0.05, 0) is 29.4 Å². The summed E-state index contributed by atoms with van der Waals surface area (Å²) in [5.41, 5.74) is 5.86. The number of hydrogen-bond donors (Lipinski definition) is 2. The molecule has 2 aromatic rings. The van der Waals surface area contributed by atoms with Gasteiger partial charge in [-0.25, -0.2) is 0 Å². The number of nitrogens with one attached hydrogen (secondary N) is 1. The highest BCUT2D eigenvalue weighted by Crippen LogP contribution is 2.16. The van der Waals surface area contributed by atoms with Gasteiger partial charge in [0.1, 0.15) is 5.82 Å². The molecule has 1 aromatic heterocycles. The third-order valence-corrected chi connectivity index (χ3v) is 3.09. The number of nitrogens with two attached hydrogens (primary N) is 1. The first kappa shape index (κ1) is 13.2. The Morgan fingerprint density at radius 2 is 2.00 bits per heavy atom. The van der Waals surface area contributed by atoms with Crippen molar-refractivity contribution >= 4 is 23.7 Å². The topological polar surface area (TPSA) is 93.2 Å². The van der Waals surface area contributed by atoms with Gasteiger partial charge in [-0.2, -0.15) is 0 Å². The number of H-pyrrole nitrogens is 1. The quantitative estimate of drug-likeness (QED) is 0.660. The van der Waals surface area contributed by atoms with Crippen molar-refractivity contribution < 1.29 is 0 Å². The molecule has 0 saturated heterocycles. The average Bonchev–Trinajstić information content (AvgIpc) is 2.39. The zero-order chi connectivity index (χ0) is 13.8. The number of aryl methyl sites for hydroxylation is 1. The van der Waals surface area contributed by atoms with Crippen LogP contribution in [0.2, 0.25) is 0 Å². The summed E-state index contributed by atoms with van der Waals surface area (Å²) in [7, 11) is 0. The number of aromatic nitrogens is 2. The molecule has 3 N–H and O–H groups in total. The van der Waals surface area contributed by atoms with E-state index >= 15 is 0 Å². The summed E-state index contributed by atoms with van der Waals surface area (Å²) in [6.07, 6.45) is 0.684. The second-order valence-corrected chi connectivity index (χ2v) is 4.36. The Morgan fingerprint density at radius 1 is 1.32 bits per heavy atom. The zero-order valence-electron chi connectivity index (χ0n) is 10.00. The van der Waals surface area contributed by atoms with Crippen LogP contribution in [0.15, 0.2) is 40.3 Å². The number of aromatic amines is 1. The summed E-state index contributed by atoms with van der Waals surface area (Å²) in [5, 5.41) is 2.64. The SMILES string of the molecule is Nc1c(N=O)c(=O)[nH]c(=S)n1CCc1ccccc1. The smallest absolute Gasteiger partial charge is 0.283 e. The van der Waals surface area contributed by atoms with Gasteiger partial charge in [-0.1, -0.05) is 30.3 Å². The summed E-state index contributed by atoms with van der Waals surface area (Å²) in [4.78, 5) is 24.4. The monoisotopic (exact) mass is 276 g/mol. The molecule has 0 radical (unpaired) electrons. The van der Waals surface area contributed by atoms with Gasteiger partial charge in [-0.3, -0.25) is 9.78 Å². The molecule has 1 heterocycles. The zero-order valence-corrected chi connectivity index (χ0v) is 10.8. The summed E-state index contributed by atoms with van der Waals surface area (Å²) < 4.78 is 1.69. The fourth-order valence-electron chi connectivity index (χ4n) is 1.77. The van der Waals surface area contributed by atoms with E-state index in [2.05, 4.69) is 10.2 Å². The van der Waals surface area contributed by atoms with E-state index in [1.807, 2.05) is 30.3 Å². The first-order valence-corrected chi connectivity index (χ1v) is 6.04. The lowest BCUT2D eigenvalue weighted by Gasteiger charge is -2.10. The normalized spacial score (nSPS) is 10.3. The van der Waals surface area contributed by atoms with Gasteiger partial charge in [0.25, 0.3) is 5.56 Å². The Morgan fingerprint density at radius 3 is 2.63 bits per heavy atom. The molecule has 6 nitrogen and oxygen atoms in total. The van der Waals surface area contributed by atoms with Crippen molar-refractivity contribution in [1.29, 1.82) is 0 Å². The van der Waals surface area contributed by atoms with E-state index in [0.717, 1.165) is 5.56 Å². The lowest BCUT2D eigenvalue weighted by atomic mass is 10.1. The van der Waals surface area contributed by atoms with Crippen LogP contribution in [0.4, 0.5) is 11.5 Å². The lowest BCUT2D eigenvalue weighted by Crippen LogP contribution is -2.18. The largest absolute Gasteiger partial charge is 0.383 e. The van der Waals surface area contributed by atoms with Crippen molar-refractivity contribution in [2.75, 3.05) is 5.73 Å². The summed E-state index contributed by atoms with van der Waals surface area (Å²) in [6, 6.07) is 9.75. The number of nitrogen functional groups attached to an aromatic ring is 1. The Labute approximate surface area is 113 Å². The number of hydrogen-bond acceptors (Lipinski definition) is 5. The molecule has 7 heteroatoms. The molecule has 0 atom stereocenters. The molecule has 1 aromatic carbocycles. The van der Waals surface area contributed by atoms with Crippen LogP contribution in [-0.2, 0) is 13.0 Å². The van der Waals surface area contributed by atoms with Crippen LogP contribution in [0, 0.1) is 9.68 Å². The molecular weight excluding hydrogens is 264 g/mol. The molecule has 0 amide bonds. The molecule has 0 aliphatic heterocycles. The highest BCUT2D eigenvalue weighted by Gasteiger charge is 2.10. The minimum absolute atomic E-state index is 0.000295. The molecule has 2 rings (SSSR count). The van der Waals surface area contributed by atoms with Crippen LogP contribution in [-0.4, -0.2) is 9.55 Å². The molecule has 0 aliphatic carbocycles. The standard InChI is InChI=1S/C12H12N4O2S/c13-10-9(15-18)11(17)14-12(19)16(10)7-6-8-4-2-1-3-5-8/h1-5H,6-7,13H2,(H,14,17,19). The third kappa shape index (κ3) is 2.76. The van der Waals surface area contributed by atoms with E-state index < -0.39 is 5.56 Å². The minimum Gasteiger partial charge on any atom is -0.383 e. The van der Waals surface area contributed by atoms with Gasteiger partial charge >= 0.3 is 0 Å². The average molecular weight is 276 g/mol. The molecule has 98 valence electrons. The van der Waals surface area contributed by atoms with Crippen LogP contribution < -0.4 is 11.3 Å². The lowest BCUT2D eigenvalue weighted by molar-refractivity contribution is 0.673. The molecular formula is C12H12N4O2S. The number of nitrogens with zero attached hydrogens (tertiary/aromatic N) is 2. The second-order valence-electron chi connectivity index (χ2n) is 3.97. The first-order valence-electron chi connectivity index (χ1n) is 5.63. The predicted molar refractivity (Wildman–Crippen MR) is 75.9 cm³/mol. The maximum absolute atomic E-state index is 11.4. The van der Waals surface area contributed by atoms with E-state index in [0.29, 0.717) is 13.0 Å². The van der Waals surface area contributed by atoms with Gasteiger partial charge < -0.3 is 10.3 Å². The fourth-order valence-corrected chi connectivity index (χ4v) is 2.06. The van der Waals surface area contributed by atoms with E-state index in [-0.39, 0.29) is 16.3 Å². The van der Waals surface area contributed by atoms with Crippen molar-refractivity contribution in [3.8, 4) is 0 Å². The Bertz CT molecular complexity index is 706. The van der Waals surface area contributed by atoms with Crippen molar-refractivity contribution in [3.05, 3.63) is 55.9 Å². The maximum Gasteiger partial charge on any atom is 0.283 e. The highest BCUT2D eigenvalue weighted by atomic mass is 32.1. The van der Waals surface area contributed by atoms with Crippen LogP contribution in [0.5, 0.6) is 0 Å². The third-order valence-electron chi connectivity index (χ3n) is 2.77. The van der Waals surface area contributed by atoms with Gasteiger partial charge in [0.2, 0.25) is 5.69 Å². The van der Waals surface area contributed by atoms with E-state index in [4.69, 9.17) is 18.0 Å². The van der Waals surface area contributed by atoms with Crippen molar-refractivity contribution in [3.63, 3.8) is 0 Å². The van der Waals surface area contributed by atoms with Crippen LogP contribution in [0.3, 0.4) is 0 Å². The minimum atomic E-state index is -0.659. The number of nitroso groups, excluding NO2 is 1. The summed E-state index contributed by atoms with van der Waals surface area (Å²) in [6.45, 7) is 0.466. The predicted octanol–water partition coefficient (Wildman–Crippen LogP) is 2.13. The van der Waals surface area contributed by atoms with Crippen LogP contribution in [0.1, 0.15) is 5.56 Å².